The maximum Gasteiger partial charge on any atom is 0.283 e. The van der Waals surface area contributed by atoms with Gasteiger partial charge in [-0.1, -0.05) is 5.21 Å². The third-order valence-corrected chi connectivity index (χ3v) is 1.77. The maximum absolute atomic E-state index is 12.3. The van der Waals surface area contributed by atoms with Crippen LogP contribution in [0, 0.1) is 0 Å². The van der Waals surface area contributed by atoms with E-state index >= 15 is 0 Å². The van der Waals surface area contributed by atoms with Gasteiger partial charge in [0.2, 0.25) is 5.88 Å². The van der Waals surface area contributed by atoms with Crippen molar-refractivity contribution >= 4 is 0 Å². The lowest BCUT2D eigenvalue weighted by Crippen LogP contribution is -2.02. The van der Waals surface area contributed by atoms with Crippen LogP contribution in [0.5, 0.6) is 5.88 Å². The molecule has 0 saturated carbocycles. The number of rotatable bonds is 3. The molecule has 2 heterocycles. The molecule has 0 aromatic carbocycles. The molecule has 0 amide bonds. The van der Waals surface area contributed by atoms with Crippen LogP contribution in [-0.2, 0) is 0 Å². The van der Waals surface area contributed by atoms with Gasteiger partial charge in [-0.15, -0.1) is 5.10 Å². The molecule has 0 N–H and O–H groups in total. The van der Waals surface area contributed by atoms with Gasteiger partial charge in [-0.3, -0.25) is 0 Å². The van der Waals surface area contributed by atoms with Gasteiger partial charge < -0.3 is 4.74 Å². The molecule has 0 spiro atoms. The van der Waals surface area contributed by atoms with Gasteiger partial charge in [0.25, 0.3) is 12.4 Å². The number of alkyl halides is 2. The fraction of sp³-hybridized carbons (Fsp3) is 0.250. The molecular weight excluding hydrogens is 220 g/mol. The smallest absolute Gasteiger partial charge is 0.283 e. The molecule has 16 heavy (non-hydrogen) atoms. The van der Waals surface area contributed by atoms with Crippen LogP contribution in [0.3, 0.4) is 0 Å². The SMILES string of the molecule is COc1ccnc(-n2cc(C(F)F)nn2)n1. The van der Waals surface area contributed by atoms with E-state index in [1.165, 1.54) is 19.4 Å². The molecule has 0 bridgehead atoms. The van der Waals surface area contributed by atoms with Gasteiger partial charge in [0, 0.05) is 12.3 Å². The zero-order valence-electron chi connectivity index (χ0n) is 8.21. The fourth-order valence-corrected chi connectivity index (χ4v) is 1.03. The summed E-state index contributed by atoms with van der Waals surface area (Å²) in [6, 6.07) is 1.54. The topological polar surface area (TPSA) is 65.7 Å². The first-order valence-corrected chi connectivity index (χ1v) is 4.28. The van der Waals surface area contributed by atoms with Crippen LogP contribution in [-0.4, -0.2) is 32.1 Å². The van der Waals surface area contributed by atoms with Crippen LogP contribution in [0.1, 0.15) is 12.1 Å². The van der Waals surface area contributed by atoms with Gasteiger partial charge in [-0.05, 0) is 0 Å². The summed E-state index contributed by atoms with van der Waals surface area (Å²) in [4.78, 5) is 7.77. The lowest BCUT2D eigenvalue weighted by Gasteiger charge is -2.00. The first-order chi connectivity index (χ1) is 7.70. The van der Waals surface area contributed by atoms with Crippen LogP contribution in [0.4, 0.5) is 8.78 Å². The van der Waals surface area contributed by atoms with Crippen molar-refractivity contribution in [3.05, 3.63) is 24.2 Å². The molecule has 0 saturated heterocycles. The number of hydrogen-bond acceptors (Lipinski definition) is 5. The van der Waals surface area contributed by atoms with Crippen LogP contribution < -0.4 is 4.74 Å². The molecule has 0 aliphatic carbocycles. The van der Waals surface area contributed by atoms with E-state index in [2.05, 4.69) is 20.3 Å². The molecule has 0 fully saturated rings. The zero-order valence-corrected chi connectivity index (χ0v) is 8.21. The van der Waals surface area contributed by atoms with Gasteiger partial charge >= 0.3 is 0 Å². The molecule has 0 aliphatic rings. The highest BCUT2D eigenvalue weighted by molar-refractivity contribution is 5.17. The highest BCUT2D eigenvalue weighted by atomic mass is 19.3. The molecule has 0 unspecified atom stereocenters. The Labute approximate surface area is 88.9 Å². The Kier molecular flexibility index (Phi) is 2.71. The van der Waals surface area contributed by atoms with Gasteiger partial charge in [-0.2, -0.15) is 9.67 Å². The Morgan fingerprint density at radius 2 is 2.25 bits per heavy atom. The molecule has 6 nitrogen and oxygen atoms in total. The van der Waals surface area contributed by atoms with Crippen LogP contribution in [0.2, 0.25) is 0 Å². The second-order valence-corrected chi connectivity index (χ2v) is 2.79. The lowest BCUT2D eigenvalue weighted by molar-refractivity contribution is 0.146. The molecule has 0 aliphatic heterocycles. The van der Waals surface area contributed by atoms with E-state index in [1.807, 2.05) is 0 Å². The summed E-state index contributed by atoms with van der Waals surface area (Å²) in [7, 11) is 1.44. The van der Waals surface area contributed by atoms with Crippen molar-refractivity contribution in [2.45, 2.75) is 6.43 Å². The van der Waals surface area contributed by atoms with Crippen LogP contribution in [0.15, 0.2) is 18.5 Å². The molecular formula is C8H7F2N5O. The van der Waals surface area contributed by atoms with Gasteiger partial charge in [0.15, 0.2) is 0 Å². The zero-order chi connectivity index (χ0) is 11.5. The molecule has 0 atom stereocenters. The van der Waals surface area contributed by atoms with Gasteiger partial charge in [0.1, 0.15) is 5.69 Å². The first-order valence-electron chi connectivity index (χ1n) is 4.28. The summed E-state index contributed by atoms with van der Waals surface area (Å²) in [5.41, 5.74) is -0.425. The van der Waals surface area contributed by atoms with Crippen molar-refractivity contribution in [1.82, 2.24) is 25.0 Å². The number of ether oxygens (including phenoxy) is 1. The van der Waals surface area contributed by atoms with E-state index < -0.39 is 12.1 Å². The minimum atomic E-state index is -2.67. The largest absolute Gasteiger partial charge is 0.481 e. The van der Waals surface area contributed by atoms with Crippen molar-refractivity contribution in [3.63, 3.8) is 0 Å². The Morgan fingerprint density at radius 1 is 1.44 bits per heavy atom. The summed E-state index contributed by atoms with van der Waals surface area (Å²) in [6.45, 7) is 0. The first kappa shape index (κ1) is 10.4. The molecule has 0 radical (unpaired) electrons. The summed E-state index contributed by atoms with van der Waals surface area (Å²) >= 11 is 0. The summed E-state index contributed by atoms with van der Waals surface area (Å²) in [5.74, 6) is 0.442. The minimum Gasteiger partial charge on any atom is -0.481 e. The molecule has 8 heteroatoms. The third-order valence-electron chi connectivity index (χ3n) is 1.77. The summed E-state index contributed by atoms with van der Waals surface area (Å²) in [6.07, 6.45) is -0.163. The maximum atomic E-state index is 12.3. The Morgan fingerprint density at radius 3 is 2.88 bits per heavy atom. The molecule has 2 aromatic rings. The number of halogens is 2. The quantitative estimate of drug-likeness (QED) is 0.782. The number of nitrogens with zero attached hydrogens (tertiary/aromatic N) is 5. The van der Waals surface area contributed by atoms with Crippen molar-refractivity contribution in [2.24, 2.45) is 0 Å². The monoisotopic (exact) mass is 227 g/mol. The number of methoxy groups -OCH3 is 1. The second kappa shape index (κ2) is 4.17. The van der Waals surface area contributed by atoms with E-state index in [9.17, 15) is 8.78 Å². The fourth-order valence-electron chi connectivity index (χ4n) is 1.03. The Balaban J connectivity index is 2.34. The Hall–Kier alpha value is -2.12. The van der Waals surface area contributed by atoms with Gasteiger partial charge in [-0.25, -0.2) is 13.8 Å². The van der Waals surface area contributed by atoms with Crippen molar-refractivity contribution < 1.29 is 13.5 Å². The van der Waals surface area contributed by atoms with Crippen molar-refractivity contribution in [3.8, 4) is 11.8 Å². The number of hydrogen-bond donors (Lipinski definition) is 0. The van der Waals surface area contributed by atoms with E-state index in [1.54, 1.807) is 0 Å². The lowest BCUT2D eigenvalue weighted by atomic mass is 10.5. The second-order valence-electron chi connectivity index (χ2n) is 2.79. The highest BCUT2D eigenvalue weighted by Gasteiger charge is 2.13. The predicted octanol–water partition coefficient (Wildman–Crippen LogP) is 1.00. The van der Waals surface area contributed by atoms with E-state index in [0.717, 1.165) is 10.9 Å². The highest BCUT2D eigenvalue weighted by Crippen LogP contribution is 2.15. The summed E-state index contributed by atoms with van der Waals surface area (Å²) in [5, 5.41) is 6.78. The predicted molar refractivity (Wildman–Crippen MR) is 48.5 cm³/mol. The average molecular weight is 227 g/mol. The summed E-state index contributed by atoms with van der Waals surface area (Å²) < 4.78 is 30.4. The van der Waals surface area contributed by atoms with Crippen molar-refractivity contribution in [1.29, 1.82) is 0 Å². The van der Waals surface area contributed by atoms with Crippen molar-refractivity contribution in [2.75, 3.05) is 7.11 Å². The average Bonchev–Trinajstić information content (AvgIpc) is 2.78. The van der Waals surface area contributed by atoms with Gasteiger partial charge in [0.05, 0.1) is 13.3 Å². The van der Waals surface area contributed by atoms with E-state index in [-0.39, 0.29) is 5.95 Å². The molecule has 84 valence electrons. The molecule has 2 rings (SSSR count). The Bertz CT molecular complexity index is 487. The number of aromatic nitrogens is 5. The van der Waals surface area contributed by atoms with E-state index in [0.29, 0.717) is 5.88 Å². The van der Waals surface area contributed by atoms with E-state index in [4.69, 9.17) is 4.74 Å². The minimum absolute atomic E-state index is 0.124. The molecule has 2 aromatic heterocycles. The van der Waals surface area contributed by atoms with Crippen LogP contribution in [0.25, 0.3) is 5.95 Å². The normalized spacial score (nSPS) is 10.8. The van der Waals surface area contributed by atoms with Crippen LogP contribution >= 0.6 is 0 Å². The third kappa shape index (κ3) is 1.95. The standard InChI is InChI=1S/C8H7F2N5O/c1-16-6-2-3-11-8(12-6)15-4-5(7(9)10)13-14-15/h2-4,7H,1H3.